The van der Waals surface area contributed by atoms with Gasteiger partial charge in [0.25, 0.3) is 0 Å². The van der Waals surface area contributed by atoms with Crippen molar-refractivity contribution in [2.45, 2.75) is 25.7 Å². The van der Waals surface area contributed by atoms with E-state index in [0.717, 1.165) is 24.3 Å². The molecule has 2 fully saturated rings. The molecule has 0 unspecified atom stereocenters. The molecule has 2 aliphatic rings. The summed E-state index contributed by atoms with van der Waals surface area (Å²) in [4.78, 5) is 0. The molecule has 0 heterocycles. The van der Waals surface area contributed by atoms with Crippen LogP contribution in [0.25, 0.3) is 0 Å². The summed E-state index contributed by atoms with van der Waals surface area (Å²) in [6.45, 7) is 0.946. The Morgan fingerprint density at radius 3 is 2.44 bits per heavy atom. The predicted octanol–water partition coefficient (Wildman–Crippen LogP) is 1.38. The Morgan fingerprint density at radius 2 is 2.11 bits per heavy atom. The first-order valence-electron chi connectivity index (χ1n) is 4.12. The molecule has 0 aliphatic heterocycles. The quantitative estimate of drug-likeness (QED) is 0.593. The smallest absolute Gasteiger partial charge is 0.00460 e. The van der Waals surface area contributed by atoms with Crippen LogP contribution < -0.4 is 5.73 Å². The van der Waals surface area contributed by atoms with Crippen molar-refractivity contribution in [3.8, 4) is 0 Å². The highest BCUT2D eigenvalue weighted by atomic mass is 14.6. The van der Waals surface area contributed by atoms with Crippen LogP contribution in [0.15, 0.2) is 0 Å². The van der Waals surface area contributed by atoms with Gasteiger partial charge in [-0.15, -0.1) is 0 Å². The Balaban J connectivity index is 1.76. The molecule has 0 spiro atoms. The molecule has 0 radical (unpaired) electrons. The van der Waals surface area contributed by atoms with E-state index >= 15 is 0 Å². The van der Waals surface area contributed by atoms with Crippen LogP contribution in [-0.4, -0.2) is 6.54 Å². The van der Waals surface area contributed by atoms with Crippen LogP contribution in [0.2, 0.25) is 0 Å². The van der Waals surface area contributed by atoms with E-state index in [1.54, 1.807) is 0 Å². The number of hydrogen-bond donors (Lipinski definition) is 1. The molecule has 1 nitrogen and oxygen atoms in total. The van der Waals surface area contributed by atoms with Crippen LogP contribution >= 0.6 is 0 Å². The highest BCUT2D eigenvalue weighted by molar-refractivity contribution is 4.94. The van der Waals surface area contributed by atoms with Crippen molar-refractivity contribution < 1.29 is 0 Å². The molecule has 0 aromatic carbocycles. The summed E-state index contributed by atoms with van der Waals surface area (Å²) in [6.07, 6.45) is 5.93. The van der Waals surface area contributed by atoms with E-state index in [2.05, 4.69) is 0 Å². The minimum atomic E-state index is 0.926. The average molecular weight is 125 g/mol. The maximum atomic E-state index is 5.54. The Morgan fingerprint density at radius 1 is 1.33 bits per heavy atom. The zero-order valence-corrected chi connectivity index (χ0v) is 5.84. The fourth-order valence-electron chi connectivity index (χ4n) is 1.99. The molecule has 2 atom stereocenters. The first kappa shape index (κ1) is 5.72. The van der Waals surface area contributed by atoms with Gasteiger partial charge < -0.3 is 5.73 Å². The van der Waals surface area contributed by atoms with Crippen LogP contribution in [-0.2, 0) is 0 Å². The van der Waals surface area contributed by atoms with Crippen molar-refractivity contribution in [3.05, 3.63) is 0 Å². The topological polar surface area (TPSA) is 26.0 Å². The zero-order valence-electron chi connectivity index (χ0n) is 5.84. The van der Waals surface area contributed by atoms with Crippen LogP contribution in [0.4, 0.5) is 0 Å². The van der Waals surface area contributed by atoms with E-state index < -0.39 is 0 Å². The Labute approximate surface area is 56.6 Å². The lowest BCUT2D eigenvalue weighted by Gasteiger charge is -2.25. The summed E-state index contributed by atoms with van der Waals surface area (Å²) in [5.41, 5.74) is 5.54. The van der Waals surface area contributed by atoms with E-state index in [0.29, 0.717) is 0 Å². The normalized spacial score (nSPS) is 42.3. The van der Waals surface area contributed by atoms with Gasteiger partial charge in [0.1, 0.15) is 0 Å². The van der Waals surface area contributed by atoms with Gasteiger partial charge in [-0.05, 0) is 30.7 Å². The molecule has 52 valence electrons. The van der Waals surface area contributed by atoms with Crippen molar-refractivity contribution in [1.29, 1.82) is 0 Å². The second kappa shape index (κ2) is 1.98. The highest BCUT2D eigenvalue weighted by Gasteiger charge is 2.43. The van der Waals surface area contributed by atoms with E-state index in [1.165, 1.54) is 25.7 Å². The monoisotopic (exact) mass is 125 g/mol. The lowest BCUT2D eigenvalue weighted by atomic mass is 9.81. The van der Waals surface area contributed by atoms with E-state index in [9.17, 15) is 0 Å². The van der Waals surface area contributed by atoms with Gasteiger partial charge in [-0.2, -0.15) is 0 Å². The summed E-state index contributed by atoms with van der Waals surface area (Å²) < 4.78 is 0. The Bertz CT molecular complexity index is 107. The lowest BCUT2D eigenvalue weighted by Crippen LogP contribution is -2.16. The molecule has 0 bridgehead atoms. The number of hydrogen-bond acceptors (Lipinski definition) is 1. The Hall–Kier alpha value is -0.0400. The second-order valence-corrected chi connectivity index (χ2v) is 3.59. The summed E-state index contributed by atoms with van der Waals surface area (Å²) in [7, 11) is 0. The predicted molar refractivity (Wildman–Crippen MR) is 38.0 cm³/mol. The minimum absolute atomic E-state index is 0.926. The summed E-state index contributed by atoms with van der Waals surface area (Å²) in [5.74, 6) is 3.08. The van der Waals surface area contributed by atoms with Crippen LogP contribution in [0.5, 0.6) is 0 Å². The van der Waals surface area contributed by atoms with Crippen molar-refractivity contribution in [2.75, 3.05) is 6.54 Å². The highest BCUT2D eigenvalue weighted by Crippen LogP contribution is 2.50. The Kier molecular flexibility index (Phi) is 1.26. The fourth-order valence-corrected chi connectivity index (χ4v) is 1.99. The summed E-state index contributed by atoms with van der Waals surface area (Å²) >= 11 is 0. The average Bonchev–Trinajstić information content (AvgIpc) is 2.42. The fraction of sp³-hybridized carbons (Fsp3) is 1.00. The van der Waals surface area contributed by atoms with E-state index in [4.69, 9.17) is 5.73 Å². The van der Waals surface area contributed by atoms with Gasteiger partial charge in [0.2, 0.25) is 0 Å². The number of rotatable bonds is 2. The summed E-state index contributed by atoms with van der Waals surface area (Å²) in [5, 5.41) is 0. The molecule has 2 aliphatic carbocycles. The number of nitrogens with two attached hydrogens (primary N) is 1. The largest absolute Gasteiger partial charge is 0.330 e. The molecule has 0 aromatic rings. The van der Waals surface area contributed by atoms with Gasteiger partial charge in [-0.3, -0.25) is 0 Å². The van der Waals surface area contributed by atoms with Crippen molar-refractivity contribution in [1.82, 2.24) is 0 Å². The maximum absolute atomic E-state index is 5.54. The second-order valence-electron chi connectivity index (χ2n) is 3.59. The third-order valence-electron chi connectivity index (χ3n) is 3.04. The molecule has 2 rings (SSSR count). The summed E-state index contributed by atoms with van der Waals surface area (Å²) in [6, 6.07) is 0. The standard InChI is InChI=1S/C8H15N/c9-5-7-4-8(7)6-2-1-3-6/h6-8H,1-5,9H2/t7-,8+/m1/s1. The zero-order chi connectivity index (χ0) is 6.27. The molecule has 2 N–H and O–H groups in total. The van der Waals surface area contributed by atoms with Crippen LogP contribution in [0, 0.1) is 17.8 Å². The van der Waals surface area contributed by atoms with Gasteiger partial charge >= 0.3 is 0 Å². The third kappa shape index (κ3) is 0.877. The molecule has 0 saturated heterocycles. The van der Waals surface area contributed by atoms with Crippen molar-refractivity contribution in [2.24, 2.45) is 23.5 Å². The molecule has 0 aromatic heterocycles. The van der Waals surface area contributed by atoms with Crippen LogP contribution in [0.3, 0.4) is 0 Å². The molecule has 1 heteroatoms. The lowest BCUT2D eigenvalue weighted by molar-refractivity contribution is 0.266. The first-order valence-corrected chi connectivity index (χ1v) is 4.12. The molecular formula is C8H15N. The van der Waals surface area contributed by atoms with Crippen molar-refractivity contribution in [3.63, 3.8) is 0 Å². The molecule has 9 heavy (non-hydrogen) atoms. The SMILES string of the molecule is NC[C@H]1C[C@H]1C1CCC1. The van der Waals surface area contributed by atoms with Gasteiger partial charge in [0, 0.05) is 0 Å². The van der Waals surface area contributed by atoms with Crippen molar-refractivity contribution >= 4 is 0 Å². The van der Waals surface area contributed by atoms with E-state index in [1.807, 2.05) is 0 Å². The van der Waals surface area contributed by atoms with Gasteiger partial charge in [-0.25, -0.2) is 0 Å². The third-order valence-corrected chi connectivity index (χ3v) is 3.04. The van der Waals surface area contributed by atoms with E-state index in [-0.39, 0.29) is 0 Å². The molecular weight excluding hydrogens is 110 g/mol. The van der Waals surface area contributed by atoms with Gasteiger partial charge in [-0.1, -0.05) is 19.3 Å². The molecule has 0 amide bonds. The van der Waals surface area contributed by atoms with Gasteiger partial charge in [0.15, 0.2) is 0 Å². The maximum Gasteiger partial charge on any atom is -0.00460 e. The minimum Gasteiger partial charge on any atom is -0.330 e. The molecule has 2 saturated carbocycles. The van der Waals surface area contributed by atoms with Gasteiger partial charge in [0.05, 0.1) is 0 Å². The first-order chi connectivity index (χ1) is 4.42. The van der Waals surface area contributed by atoms with Crippen LogP contribution in [0.1, 0.15) is 25.7 Å².